The Balaban J connectivity index is 1.70. The number of pyridine rings is 1. The lowest BCUT2D eigenvalue weighted by Crippen LogP contribution is -2.00. The standard InChI is InChI=1S/C22H14N2O5/c25-22(26)19-13-16(23-20-4-2-1-3-18(19)20)8-5-15-11-12-29-21(15)14-6-9-17(10-7-14)24(27)28/h1-13H,(H,25,26). The Bertz CT molecular complexity index is 1260. The fraction of sp³-hybridized carbons (Fsp3) is 0. The number of carboxylic acids is 1. The summed E-state index contributed by atoms with van der Waals surface area (Å²) in [5.41, 5.74) is 2.70. The highest BCUT2D eigenvalue weighted by Crippen LogP contribution is 2.28. The molecule has 0 atom stereocenters. The number of aromatic nitrogens is 1. The first-order chi connectivity index (χ1) is 14.0. The van der Waals surface area contributed by atoms with Gasteiger partial charge < -0.3 is 9.52 Å². The zero-order valence-corrected chi connectivity index (χ0v) is 15.0. The van der Waals surface area contributed by atoms with Gasteiger partial charge in [-0.2, -0.15) is 0 Å². The normalized spacial score (nSPS) is 11.2. The molecule has 2 heterocycles. The van der Waals surface area contributed by atoms with E-state index in [-0.39, 0.29) is 11.3 Å². The van der Waals surface area contributed by atoms with E-state index in [1.54, 1.807) is 54.6 Å². The maximum absolute atomic E-state index is 11.6. The molecule has 1 N–H and O–H groups in total. The first-order valence-electron chi connectivity index (χ1n) is 8.66. The number of hydrogen-bond donors (Lipinski definition) is 1. The molecule has 7 nitrogen and oxygen atoms in total. The first kappa shape index (κ1) is 18.1. The van der Waals surface area contributed by atoms with E-state index < -0.39 is 10.9 Å². The van der Waals surface area contributed by atoms with Crippen LogP contribution < -0.4 is 0 Å². The van der Waals surface area contributed by atoms with Crippen molar-refractivity contribution in [1.29, 1.82) is 0 Å². The lowest BCUT2D eigenvalue weighted by molar-refractivity contribution is -0.384. The molecule has 0 saturated carbocycles. The van der Waals surface area contributed by atoms with Crippen LogP contribution in [0.15, 0.2) is 71.3 Å². The Hall–Kier alpha value is -4.26. The van der Waals surface area contributed by atoms with E-state index in [2.05, 4.69) is 4.98 Å². The summed E-state index contributed by atoms with van der Waals surface area (Å²) in [7, 11) is 0. The van der Waals surface area contributed by atoms with Crippen molar-refractivity contribution in [2.45, 2.75) is 0 Å². The van der Waals surface area contributed by atoms with Crippen LogP contribution in [-0.4, -0.2) is 21.0 Å². The second-order valence-electron chi connectivity index (χ2n) is 6.26. The summed E-state index contributed by atoms with van der Waals surface area (Å²) in [6.45, 7) is 0. The molecule has 0 radical (unpaired) electrons. The van der Waals surface area contributed by atoms with Gasteiger partial charge in [-0.3, -0.25) is 10.1 Å². The summed E-state index contributed by atoms with van der Waals surface area (Å²) in [6.07, 6.45) is 4.99. The van der Waals surface area contributed by atoms with Crippen LogP contribution in [0.5, 0.6) is 0 Å². The molecule has 0 aliphatic heterocycles. The number of rotatable bonds is 5. The van der Waals surface area contributed by atoms with Crippen LogP contribution in [0.2, 0.25) is 0 Å². The van der Waals surface area contributed by atoms with E-state index in [9.17, 15) is 20.0 Å². The Kier molecular flexibility index (Phi) is 4.62. The number of nitro benzene ring substituents is 1. The number of aromatic carboxylic acids is 1. The highest BCUT2D eigenvalue weighted by atomic mass is 16.6. The largest absolute Gasteiger partial charge is 0.478 e. The van der Waals surface area contributed by atoms with Crippen LogP contribution in [0, 0.1) is 10.1 Å². The molecule has 142 valence electrons. The van der Waals surface area contributed by atoms with Crippen molar-refractivity contribution in [3.05, 3.63) is 93.9 Å². The second-order valence-corrected chi connectivity index (χ2v) is 6.26. The van der Waals surface area contributed by atoms with Crippen LogP contribution in [0.3, 0.4) is 0 Å². The molecule has 0 unspecified atom stereocenters. The monoisotopic (exact) mass is 386 g/mol. The van der Waals surface area contributed by atoms with Gasteiger partial charge in [0.25, 0.3) is 5.69 Å². The maximum Gasteiger partial charge on any atom is 0.336 e. The van der Waals surface area contributed by atoms with Gasteiger partial charge in [0.2, 0.25) is 0 Å². The Morgan fingerprint density at radius 3 is 2.55 bits per heavy atom. The van der Waals surface area contributed by atoms with Crippen molar-refractivity contribution in [1.82, 2.24) is 4.98 Å². The quantitative estimate of drug-likeness (QED) is 0.370. The molecule has 0 spiro atoms. The van der Waals surface area contributed by atoms with Crippen molar-refractivity contribution in [2.75, 3.05) is 0 Å². The van der Waals surface area contributed by atoms with Gasteiger partial charge in [0.15, 0.2) is 0 Å². The predicted molar refractivity (Wildman–Crippen MR) is 108 cm³/mol. The zero-order chi connectivity index (χ0) is 20.4. The third-order valence-electron chi connectivity index (χ3n) is 4.44. The highest BCUT2D eigenvalue weighted by Gasteiger charge is 2.12. The van der Waals surface area contributed by atoms with Gasteiger partial charge in [0, 0.05) is 28.6 Å². The van der Waals surface area contributed by atoms with Crippen molar-refractivity contribution >= 4 is 34.7 Å². The summed E-state index contributed by atoms with van der Waals surface area (Å²) < 4.78 is 5.54. The summed E-state index contributed by atoms with van der Waals surface area (Å²) in [5, 5.41) is 20.9. The van der Waals surface area contributed by atoms with Crippen molar-refractivity contribution in [3.8, 4) is 11.3 Å². The maximum atomic E-state index is 11.6. The van der Waals surface area contributed by atoms with E-state index in [0.717, 1.165) is 5.56 Å². The number of nitro groups is 1. The van der Waals surface area contributed by atoms with E-state index in [1.807, 2.05) is 0 Å². The molecule has 7 heteroatoms. The summed E-state index contributed by atoms with van der Waals surface area (Å²) in [5.74, 6) is -0.469. The number of benzene rings is 2. The number of hydrogen-bond acceptors (Lipinski definition) is 5. The average molecular weight is 386 g/mol. The van der Waals surface area contributed by atoms with E-state index in [0.29, 0.717) is 27.9 Å². The van der Waals surface area contributed by atoms with Crippen LogP contribution in [-0.2, 0) is 0 Å². The van der Waals surface area contributed by atoms with E-state index in [4.69, 9.17) is 4.42 Å². The van der Waals surface area contributed by atoms with Crippen LogP contribution in [0.25, 0.3) is 34.4 Å². The molecule has 0 saturated heterocycles. The van der Waals surface area contributed by atoms with Gasteiger partial charge in [-0.1, -0.05) is 18.2 Å². The molecular formula is C22H14N2O5. The second kappa shape index (κ2) is 7.40. The fourth-order valence-electron chi connectivity index (χ4n) is 3.05. The molecule has 0 aliphatic rings. The number of fused-ring (bicyclic) bond motifs is 1. The zero-order valence-electron chi connectivity index (χ0n) is 15.0. The van der Waals surface area contributed by atoms with Gasteiger partial charge in [0.1, 0.15) is 5.76 Å². The molecule has 0 bridgehead atoms. The molecule has 29 heavy (non-hydrogen) atoms. The first-order valence-corrected chi connectivity index (χ1v) is 8.66. The number of non-ortho nitro benzene ring substituents is 1. The minimum Gasteiger partial charge on any atom is -0.478 e. The highest BCUT2D eigenvalue weighted by molar-refractivity contribution is 6.03. The summed E-state index contributed by atoms with van der Waals surface area (Å²) >= 11 is 0. The average Bonchev–Trinajstić information content (AvgIpc) is 3.20. The van der Waals surface area contributed by atoms with Crippen LogP contribution in [0.4, 0.5) is 5.69 Å². The van der Waals surface area contributed by atoms with Crippen molar-refractivity contribution < 1.29 is 19.2 Å². The lowest BCUT2D eigenvalue weighted by atomic mass is 10.1. The molecule has 0 fully saturated rings. The fourth-order valence-corrected chi connectivity index (χ4v) is 3.05. The molecule has 4 aromatic rings. The van der Waals surface area contributed by atoms with Crippen LogP contribution in [0.1, 0.15) is 21.6 Å². The van der Waals surface area contributed by atoms with E-state index >= 15 is 0 Å². The number of furan rings is 1. The van der Waals surface area contributed by atoms with Gasteiger partial charge in [-0.05, 0) is 42.5 Å². The molecule has 2 aromatic carbocycles. The topological polar surface area (TPSA) is 106 Å². The Morgan fingerprint density at radius 2 is 1.83 bits per heavy atom. The lowest BCUT2D eigenvalue weighted by Gasteiger charge is -2.04. The molecule has 4 rings (SSSR count). The Morgan fingerprint density at radius 1 is 1.07 bits per heavy atom. The van der Waals surface area contributed by atoms with Gasteiger partial charge >= 0.3 is 5.97 Å². The Labute approximate surface area is 164 Å². The molecule has 0 amide bonds. The van der Waals surface area contributed by atoms with Crippen molar-refractivity contribution in [3.63, 3.8) is 0 Å². The molecular weight excluding hydrogens is 372 g/mol. The third-order valence-corrected chi connectivity index (χ3v) is 4.44. The van der Waals surface area contributed by atoms with Gasteiger partial charge in [-0.25, -0.2) is 9.78 Å². The van der Waals surface area contributed by atoms with Crippen molar-refractivity contribution in [2.24, 2.45) is 0 Å². The van der Waals surface area contributed by atoms with Crippen LogP contribution >= 0.6 is 0 Å². The molecule has 2 aromatic heterocycles. The minimum atomic E-state index is -1.02. The van der Waals surface area contributed by atoms with Gasteiger partial charge in [0.05, 0.1) is 28.0 Å². The van der Waals surface area contributed by atoms with Gasteiger partial charge in [-0.15, -0.1) is 0 Å². The summed E-state index contributed by atoms with van der Waals surface area (Å²) in [4.78, 5) is 26.5. The SMILES string of the molecule is O=C(O)c1cc(C=Cc2ccoc2-c2ccc([N+](=O)[O-])cc2)nc2ccccc12. The number of carboxylic acid groups (broad SMARTS) is 1. The third kappa shape index (κ3) is 3.61. The molecule has 0 aliphatic carbocycles. The summed E-state index contributed by atoms with van der Waals surface area (Å²) in [6, 6.07) is 16.4. The minimum absolute atomic E-state index is 0.000961. The van der Waals surface area contributed by atoms with E-state index in [1.165, 1.54) is 24.5 Å². The predicted octanol–water partition coefficient (Wildman–Crippen LogP) is 5.27. The smallest absolute Gasteiger partial charge is 0.336 e. The number of para-hydroxylation sites is 1. The number of nitrogens with zero attached hydrogens (tertiary/aromatic N) is 2. The number of carbonyl (C=O) groups is 1.